The third-order valence-electron chi connectivity index (χ3n) is 8.47. The summed E-state index contributed by atoms with van der Waals surface area (Å²) in [5.74, 6) is 1.39. The molecule has 1 aliphatic carbocycles. The maximum atomic E-state index is 11.4. The van der Waals surface area contributed by atoms with Gasteiger partial charge in [0.2, 0.25) is 5.91 Å². The Bertz CT molecular complexity index is 1460. The number of primary amides is 1. The number of hydrogen-bond acceptors (Lipinski definition) is 5. The molecule has 184 valence electrons. The molecule has 8 heteroatoms. The van der Waals surface area contributed by atoms with Crippen LogP contribution in [0.5, 0.6) is 0 Å². The van der Waals surface area contributed by atoms with E-state index in [1.165, 1.54) is 39.9 Å². The topological polar surface area (TPSA) is 92.3 Å². The van der Waals surface area contributed by atoms with E-state index in [4.69, 9.17) is 5.73 Å². The predicted octanol–water partition coefficient (Wildman–Crippen LogP) is 4.98. The fourth-order valence-electron chi connectivity index (χ4n) is 7.03. The monoisotopic (exact) mass is 490 g/mol. The first-order valence-corrected chi connectivity index (χ1v) is 13.4. The maximum Gasteiger partial charge on any atom is 0.231 e. The van der Waals surface area contributed by atoms with Crippen LogP contribution >= 0.6 is 11.3 Å². The van der Waals surface area contributed by atoms with Gasteiger partial charge in [-0.3, -0.25) is 9.69 Å². The van der Waals surface area contributed by atoms with E-state index in [2.05, 4.69) is 66.8 Å². The van der Waals surface area contributed by atoms with Gasteiger partial charge in [0, 0.05) is 35.1 Å². The number of aromatic amines is 1. The summed E-state index contributed by atoms with van der Waals surface area (Å²) in [5.41, 5.74) is 13.0. The smallest absolute Gasteiger partial charge is 0.231 e. The Balaban J connectivity index is 1.37. The van der Waals surface area contributed by atoms with Crippen LogP contribution < -0.4 is 5.73 Å². The first kappa shape index (κ1) is 22.7. The Hall–Kier alpha value is -2.71. The summed E-state index contributed by atoms with van der Waals surface area (Å²) in [7, 11) is 0. The van der Waals surface area contributed by atoms with Crippen LogP contribution in [0.3, 0.4) is 0 Å². The van der Waals surface area contributed by atoms with Gasteiger partial charge in [0.05, 0.1) is 12.2 Å². The van der Waals surface area contributed by atoms with Crippen molar-refractivity contribution in [3.05, 3.63) is 40.2 Å². The number of rotatable bonds is 5. The van der Waals surface area contributed by atoms with Crippen molar-refractivity contribution in [1.29, 1.82) is 0 Å². The zero-order valence-corrected chi connectivity index (χ0v) is 22.0. The van der Waals surface area contributed by atoms with Gasteiger partial charge in [-0.05, 0) is 72.6 Å². The molecule has 5 heterocycles. The number of nitrogens with zero attached hydrogens (tertiary/aromatic N) is 4. The SMILES string of the molecule is Cc1c([C@H]2C[C@@H]3CN(CC(N)=O)C[C@]3(C)C2)sc2[nH]c(-c3cc(C)c4ncnn4c3)c(C(C)C)c12. The Labute approximate surface area is 209 Å². The van der Waals surface area contributed by atoms with E-state index in [0.29, 0.717) is 24.3 Å². The zero-order valence-electron chi connectivity index (χ0n) is 21.2. The van der Waals surface area contributed by atoms with Gasteiger partial charge in [0.25, 0.3) is 0 Å². The number of fused-ring (bicyclic) bond motifs is 3. The van der Waals surface area contributed by atoms with Crippen LogP contribution in [0.1, 0.15) is 67.0 Å². The van der Waals surface area contributed by atoms with E-state index in [1.807, 2.05) is 15.9 Å². The highest BCUT2D eigenvalue weighted by molar-refractivity contribution is 7.19. The number of pyridine rings is 1. The molecule has 0 bridgehead atoms. The van der Waals surface area contributed by atoms with E-state index in [-0.39, 0.29) is 11.3 Å². The molecule has 4 aromatic rings. The van der Waals surface area contributed by atoms with Gasteiger partial charge in [0.1, 0.15) is 11.2 Å². The summed E-state index contributed by atoms with van der Waals surface area (Å²) in [5, 5.41) is 5.79. The lowest BCUT2D eigenvalue weighted by molar-refractivity contribution is -0.119. The van der Waals surface area contributed by atoms with Crippen molar-refractivity contribution in [3.63, 3.8) is 0 Å². The summed E-state index contributed by atoms with van der Waals surface area (Å²) >= 11 is 1.95. The minimum absolute atomic E-state index is 0.219. The molecule has 6 rings (SSSR count). The van der Waals surface area contributed by atoms with Gasteiger partial charge in [-0.15, -0.1) is 11.3 Å². The molecule has 0 unspecified atom stereocenters. The van der Waals surface area contributed by atoms with Gasteiger partial charge in [-0.1, -0.05) is 20.8 Å². The molecular weight excluding hydrogens is 456 g/mol. The minimum atomic E-state index is -0.219. The number of aryl methyl sites for hydroxylation is 2. The van der Waals surface area contributed by atoms with Gasteiger partial charge in [-0.25, -0.2) is 9.50 Å². The molecule has 3 atom stereocenters. The number of hydrogen-bond donors (Lipinski definition) is 2. The highest BCUT2D eigenvalue weighted by Crippen LogP contribution is 2.57. The van der Waals surface area contributed by atoms with Crippen molar-refractivity contribution in [2.75, 3.05) is 19.6 Å². The number of carbonyl (C=O) groups is 1. The van der Waals surface area contributed by atoms with Gasteiger partial charge in [0.15, 0.2) is 5.65 Å². The predicted molar refractivity (Wildman–Crippen MR) is 141 cm³/mol. The lowest BCUT2D eigenvalue weighted by Gasteiger charge is -2.24. The number of aromatic nitrogens is 4. The number of amides is 1. The minimum Gasteiger partial charge on any atom is -0.369 e. The van der Waals surface area contributed by atoms with Crippen LogP contribution in [0.25, 0.3) is 27.1 Å². The highest BCUT2D eigenvalue weighted by Gasteiger charge is 2.50. The zero-order chi connectivity index (χ0) is 24.6. The van der Waals surface area contributed by atoms with Crippen molar-refractivity contribution in [2.24, 2.45) is 17.1 Å². The second-order valence-corrected chi connectivity index (χ2v) is 12.5. The molecule has 1 aliphatic heterocycles. The van der Waals surface area contributed by atoms with E-state index in [0.717, 1.165) is 29.9 Å². The number of thiophene rings is 1. The third kappa shape index (κ3) is 3.52. The number of nitrogens with two attached hydrogens (primary N) is 1. The van der Waals surface area contributed by atoms with Crippen molar-refractivity contribution in [1.82, 2.24) is 24.5 Å². The lowest BCUT2D eigenvalue weighted by atomic mass is 9.83. The average Bonchev–Trinajstić information content (AvgIpc) is 3.53. The maximum absolute atomic E-state index is 11.4. The first-order chi connectivity index (χ1) is 16.6. The van der Waals surface area contributed by atoms with Crippen LogP contribution in [-0.2, 0) is 4.79 Å². The van der Waals surface area contributed by atoms with Crippen molar-refractivity contribution >= 4 is 33.1 Å². The molecule has 2 aliphatic rings. The Morgan fingerprint density at radius 2 is 2.17 bits per heavy atom. The standard InChI is InChI=1S/C27H34N6OS/c1-14(2)21-22-16(4)24(17-7-19-10-32(11-20(28)34)12-27(19,5)8-17)35-26(22)31-23(21)18-6-15(3)25-29-13-30-33(25)9-18/h6,9,13-14,17,19,31H,7-8,10-12H2,1-5H3,(H2,28,34)/t17-,19+,27-/m0/s1. The number of likely N-dealkylation sites (tertiary alicyclic amines) is 1. The van der Waals surface area contributed by atoms with Gasteiger partial charge < -0.3 is 10.7 Å². The number of nitrogens with one attached hydrogen (secondary N) is 1. The van der Waals surface area contributed by atoms with Crippen molar-refractivity contribution in [2.45, 2.75) is 59.3 Å². The van der Waals surface area contributed by atoms with Gasteiger partial charge in [-0.2, -0.15) is 5.10 Å². The van der Waals surface area contributed by atoms with Gasteiger partial charge >= 0.3 is 0 Å². The fourth-order valence-corrected chi connectivity index (χ4v) is 8.37. The first-order valence-electron chi connectivity index (χ1n) is 12.6. The molecule has 4 aromatic heterocycles. The average molecular weight is 491 g/mol. The Morgan fingerprint density at radius 3 is 2.89 bits per heavy atom. The van der Waals surface area contributed by atoms with Crippen LogP contribution in [0.2, 0.25) is 0 Å². The molecule has 1 saturated carbocycles. The Morgan fingerprint density at radius 1 is 1.37 bits per heavy atom. The molecule has 0 radical (unpaired) electrons. The molecule has 3 N–H and O–H groups in total. The molecule has 1 saturated heterocycles. The molecule has 35 heavy (non-hydrogen) atoms. The summed E-state index contributed by atoms with van der Waals surface area (Å²) in [6.45, 7) is 13.8. The summed E-state index contributed by atoms with van der Waals surface area (Å²) in [6, 6.07) is 2.22. The summed E-state index contributed by atoms with van der Waals surface area (Å²) < 4.78 is 1.88. The molecule has 0 spiro atoms. The number of carbonyl (C=O) groups excluding carboxylic acids is 1. The molecule has 0 aromatic carbocycles. The lowest BCUT2D eigenvalue weighted by Crippen LogP contribution is -2.33. The quantitative estimate of drug-likeness (QED) is 0.413. The molecule has 1 amide bonds. The van der Waals surface area contributed by atoms with Crippen LogP contribution in [0.15, 0.2) is 18.6 Å². The van der Waals surface area contributed by atoms with E-state index in [1.54, 1.807) is 11.2 Å². The van der Waals surface area contributed by atoms with Crippen LogP contribution in [0.4, 0.5) is 0 Å². The van der Waals surface area contributed by atoms with E-state index < -0.39 is 0 Å². The van der Waals surface area contributed by atoms with E-state index >= 15 is 0 Å². The summed E-state index contributed by atoms with van der Waals surface area (Å²) in [4.78, 5) is 24.7. The number of H-pyrrole nitrogens is 1. The molecule has 7 nitrogen and oxygen atoms in total. The van der Waals surface area contributed by atoms with Crippen molar-refractivity contribution < 1.29 is 4.79 Å². The van der Waals surface area contributed by atoms with Crippen LogP contribution in [0, 0.1) is 25.2 Å². The largest absolute Gasteiger partial charge is 0.369 e. The second-order valence-electron chi connectivity index (χ2n) is 11.4. The van der Waals surface area contributed by atoms with Crippen molar-refractivity contribution in [3.8, 4) is 11.3 Å². The second kappa shape index (κ2) is 7.90. The Kier molecular flexibility index (Phi) is 5.13. The summed E-state index contributed by atoms with van der Waals surface area (Å²) in [6.07, 6.45) is 6.08. The third-order valence-corrected chi connectivity index (χ3v) is 9.84. The fraction of sp³-hybridized carbons (Fsp3) is 0.519. The van der Waals surface area contributed by atoms with E-state index in [9.17, 15) is 4.79 Å². The van der Waals surface area contributed by atoms with Crippen LogP contribution in [-0.4, -0.2) is 50.0 Å². The molecular formula is C27H34N6OS. The normalized spacial score (nSPS) is 24.9. The highest BCUT2D eigenvalue weighted by atomic mass is 32.1. The molecule has 2 fully saturated rings.